The topological polar surface area (TPSA) is 86.7 Å². The Kier molecular flexibility index (Phi) is 7.39. The van der Waals surface area contributed by atoms with E-state index in [2.05, 4.69) is 16.5 Å². The van der Waals surface area contributed by atoms with Crippen molar-refractivity contribution in [2.24, 2.45) is 0 Å². The van der Waals surface area contributed by atoms with Crippen molar-refractivity contribution in [3.8, 4) is 0 Å². The minimum absolute atomic E-state index is 0.179. The van der Waals surface area contributed by atoms with Gasteiger partial charge in [0, 0.05) is 30.6 Å². The monoisotopic (exact) mass is 450 g/mol. The Morgan fingerprint density at radius 2 is 2.03 bits per heavy atom. The highest BCUT2D eigenvalue weighted by atomic mass is 35.5. The third-order valence-electron chi connectivity index (χ3n) is 5.52. The fourth-order valence-corrected chi connectivity index (χ4v) is 5.22. The molecule has 1 heterocycles. The molecule has 162 valence electrons. The minimum atomic E-state index is -3.72. The minimum Gasteiger partial charge on any atom is -0.481 e. The van der Waals surface area contributed by atoms with E-state index >= 15 is 0 Å². The number of sulfonamides is 1. The number of fused-ring (bicyclic) bond motifs is 1. The van der Waals surface area contributed by atoms with E-state index in [9.17, 15) is 13.2 Å². The number of benzene rings is 2. The van der Waals surface area contributed by atoms with Gasteiger partial charge in [-0.2, -0.15) is 0 Å². The van der Waals surface area contributed by atoms with Crippen molar-refractivity contribution in [3.63, 3.8) is 0 Å². The summed E-state index contributed by atoms with van der Waals surface area (Å²) in [6, 6.07) is 12.2. The molecule has 0 fully saturated rings. The van der Waals surface area contributed by atoms with Crippen LogP contribution in [0.25, 0.3) is 0 Å². The molecular weight excluding hydrogens is 424 g/mol. The molecule has 0 aliphatic carbocycles. The van der Waals surface area contributed by atoms with Crippen LogP contribution in [0, 0.1) is 0 Å². The van der Waals surface area contributed by atoms with Gasteiger partial charge in [0.25, 0.3) is 10.0 Å². The van der Waals surface area contributed by atoms with Gasteiger partial charge in [0.05, 0.1) is 10.6 Å². The van der Waals surface area contributed by atoms with E-state index in [1.807, 2.05) is 6.07 Å². The number of carbonyl (C=O) groups is 1. The molecule has 0 aromatic heterocycles. The van der Waals surface area contributed by atoms with Gasteiger partial charge >= 0.3 is 5.97 Å². The van der Waals surface area contributed by atoms with Crippen molar-refractivity contribution in [2.45, 2.75) is 56.5 Å². The number of nitrogens with zero attached hydrogens (tertiary/aromatic N) is 1. The molecule has 1 aliphatic heterocycles. The van der Waals surface area contributed by atoms with E-state index in [1.165, 1.54) is 0 Å². The summed E-state index contributed by atoms with van der Waals surface area (Å²) in [5, 5.41) is 9.35. The van der Waals surface area contributed by atoms with Crippen LogP contribution in [0.1, 0.15) is 43.7 Å². The number of halogens is 1. The molecule has 2 aromatic carbocycles. The smallest absolute Gasteiger partial charge is 0.303 e. The standard InChI is InChI=1S/C22H27ClN2O4S/c1-2-20(7-4-8-22(26)27)25-12-11-16-9-10-21(13-17(16)15-25)30(28,29)24-19-6-3-5-18(23)14-19/h3,5-6,9-10,13-14,20,24H,2,4,7-8,11-12,15H2,1H3,(H,26,27). The van der Waals surface area contributed by atoms with Gasteiger partial charge in [-0.05, 0) is 67.1 Å². The van der Waals surface area contributed by atoms with Gasteiger partial charge in [0.15, 0.2) is 0 Å². The second-order valence-electron chi connectivity index (χ2n) is 7.61. The Balaban J connectivity index is 1.75. The maximum absolute atomic E-state index is 12.9. The van der Waals surface area contributed by atoms with E-state index in [1.54, 1.807) is 36.4 Å². The molecule has 1 unspecified atom stereocenters. The second-order valence-corrected chi connectivity index (χ2v) is 9.73. The summed E-state index contributed by atoms with van der Waals surface area (Å²) >= 11 is 5.95. The SMILES string of the molecule is CCC(CCCC(=O)O)N1CCc2ccc(S(=O)(=O)Nc3cccc(Cl)c3)cc2C1. The molecule has 1 aliphatic rings. The van der Waals surface area contributed by atoms with Crippen molar-refractivity contribution in [2.75, 3.05) is 11.3 Å². The first-order valence-electron chi connectivity index (χ1n) is 10.1. The lowest BCUT2D eigenvalue weighted by Gasteiger charge is -2.35. The van der Waals surface area contributed by atoms with Crippen molar-refractivity contribution in [1.82, 2.24) is 4.90 Å². The van der Waals surface area contributed by atoms with Crippen LogP contribution in [-0.2, 0) is 27.8 Å². The fraction of sp³-hybridized carbons (Fsp3) is 0.409. The highest BCUT2D eigenvalue weighted by Gasteiger charge is 2.24. The van der Waals surface area contributed by atoms with E-state index in [4.69, 9.17) is 16.7 Å². The van der Waals surface area contributed by atoms with Crippen LogP contribution in [0.15, 0.2) is 47.4 Å². The number of hydrogen-bond donors (Lipinski definition) is 2. The zero-order valence-corrected chi connectivity index (χ0v) is 18.5. The Morgan fingerprint density at radius 1 is 1.23 bits per heavy atom. The molecule has 2 N–H and O–H groups in total. The summed E-state index contributed by atoms with van der Waals surface area (Å²) in [5.74, 6) is -0.768. The number of rotatable bonds is 9. The van der Waals surface area contributed by atoms with E-state index in [0.29, 0.717) is 29.7 Å². The van der Waals surface area contributed by atoms with Crippen LogP contribution in [0.5, 0.6) is 0 Å². The molecule has 8 heteroatoms. The quantitative estimate of drug-likeness (QED) is 0.586. The van der Waals surface area contributed by atoms with E-state index in [-0.39, 0.29) is 11.3 Å². The lowest BCUT2D eigenvalue weighted by atomic mass is 9.96. The average molecular weight is 451 g/mol. The molecule has 2 aromatic rings. The van der Waals surface area contributed by atoms with Gasteiger partial charge in [-0.1, -0.05) is 30.7 Å². The maximum Gasteiger partial charge on any atom is 0.303 e. The zero-order chi connectivity index (χ0) is 21.7. The number of carboxylic acid groups (broad SMARTS) is 1. The molecule has 0 saturated heterocycles. The number of carboxylic acids is 1. The Hall–Kier alpha value is -2.09. The normalized spacial score (nSPS) is 15.4. The van der Waals surface area contributed by atoms with Gasteiger partial charge in [0.1, 0.15) is 0 Å². The first kappa shape index (κ1) is 22.6. The summed E-state index contributed by atoms with van der Waals surface area (Å²) in [7, 11) is -3.72. The molecule has 0 spiro atoms. The van der Waals surface area contributed by atoms with Crippen LogP contribution in [0.4, 0.5) is 5.69 Å². The first-order valence-corrected chi connectivity index (χ1v) is 12.0. The van der Waals surface area contributed by atoms with Crippen LogP contribution in [-0.4, -0.2) is 37.0 Å². The predicted molar refractivity (Wildman–Crippen MR) is 118 cm³/mol. The lowest BCUT2D eigenvalue weighted by Crippen LogP contribution is -2.39. The molecule has 0 bridgehead atoms. The summed E-state index contributed by atoms with van der Waals surface area (Å²) < 4.78 is 28.3. The summed E-state index contributed by atoms with van der Waals surface area (Å²) in [5.41, 5.74) is 2.59. The second kappa shape index (κ2) is 9.81. The maximum atomic E-state index is 12.9. The lowest BCUT2D eigenvalue weighted by molar-refractivity contribution is -0.137. The van der Waals surface area contributed by atoms with Gasteiger partial charge in [-0.15, -0.1) is 0 Å². The largest absolute Gasteiger partial charge is 0.481 e. The zero-order valence-electron chi connectivity index (χ0n) is 17.0. The van der Waals surface area contributed by atoms with Gasteiger partial charge in [0.2, 0.25) is 0 Å². The van der Waals surface area contributed by atoms with Gasteiger partial charge in [-0.25, -0.2) is 8.42 Å². The van der Waals surface area contributed by atoms with Crippen molar-refractivity contribution in [1.29, 1.82) is 0 Å². The van der Waals surface area contributed by atoms with Gasteiger partial charge < -0.3 is 5.11 Å². The third-order valence-corrected chi connectivity index (χ3v) is 7.14. The summed E-state index contributed by atoms with van der Waals surface area (Å²) in [6.45, 7) is 3.67. The van der Waals surface area contributed by atoms with E-state index < -0.39 is 16.0 Å². The fourth-order valence-electron chi connectivity index (χ4n) is 3.93. The van der Waals surface area contributed by atoms with Crippen molar-refractivity contribution >= 4 is 33.3 Å². The molecular formula is C22H27ClN2O4S. The molecule has 30 heavy (non-hydrogen) atoms. The number of aliphatic carboxylic acids is 1. The van der Waals surface area contributed by atoms with Crippen LogP contribution in [0.2, 0.25) is 5.02 Å². The van der Waals surface area contributed by atoms with Crippen molar-refractivity contribution < 1.29 is 18.3 Å². The molecule has 0 radical (unpaired) electrons. The van der Waals surface area contributed by atoms with Crippen LogP contribution < -0.4 is 4.72 Å². The molecule has 1 atom stereocenters. The number of anilines is 1. The van der Waals surface area contributed by atoms with Crippen LogP contribution >= 0.6 is 11.6 Å². The third kappa shape index (κ3) is 5.74. The van der Waals surface area contributed by atoms with Gasteiger partial charge in [-0.3, -0.25) is 14.4 Å². The number of hydrogen-bond acceptors (Lipinski definition) is 4. The average Bonchev–Trinajstić information content (AvgIpc) is 2.70. The van der Waals surface area contributed by atoms with Crippen LogP contribution in [0.3, 0.4) is 0 Å². The Bertz CT molecular complexity index is 1010. The van der Waals surface area contributed by atoms with Crippen molar-refractivity contribution in [3.05, 3.63) is 58.6 Å². The summed E-state index contributed by atoms with van der Waals surface area (Å²) in [4.78, 5) is 13.4. The Morgan fingerprint density at radius 3 is 2.73 bits per heavy atom. The first-order chi connectivity index (χ1) is 14.3. The summed E-state index contributed by atoms with van der Waals surface area (Å²) in [6.07, 6.45) is 3.44. The highest BCUT2D eigenvalue weighted by Crippen LogP contribution is 2.27. The molecule has 0 amide bonds. The van der Waals surface area contributed by atoms with E-state index in [0.717, 1.165) is 36.9 Å². The molecule has 0 saturated carbocycles. The Labute approximate surface area is 182 Å². The predicted octanol–water partition coefficient (Wildman–Crippen LogP) is 4.53. The molecule has 6 nitrogen and oxygen atoms in total. The highest BCUT2D eigenvalue weighted by molar-refractivity contribution is 7.92. The molecule has 3 rings (SSSR count). The number of nitrogens with one attached hydrogen (secondary N) is 1.